The second-order valence-corrected chi connectivity index (χ2v) is 4.39. The molecule has 2 rings (SSSR count). The minimum absolute atomic E-state index is 0.124. The van der Waals surface area contributed by atoms with Crippen LogP contribution in [0.15, 0.2) is 36.5 Å². The highest BCUT2D eigenvalue weighted by Gasteiger charge is 2.21. The highest BCUT2D eigenvalue weighted by atomic mass is 35.5. The molecule has 0 aliphatic rings. The first-order chi connectivity index (χ1) is 10.0. The van der Waals surface area contributed by atoms with Gasteiger partial charge in [0.25, 0.3) is 11.6 Å². The number of nitrogens with zero attached hydrogens (tertiary/aromatic N) is 2. The number of aromatic nitrogens is 1. The Morgan fingerprint density at radius 1 is 1.38 bits per heavy atom. The van der Waals surface area contributed by atoms with Gasteiger partial charge in [-0.1, -0.05) is 11.6 Å². The lowest BCUT2D eigenvalue weighted by molar-refractivity contribution is -0.385. The number of nitrogens with one attached hydrogen (secondary N) is 1. The Labute approximate surface area is 124 Å². The van der Waals surface area contributed by atoms with E-state index < -0.39 is 10.8 Å². The fourth-order valence-corrected chi connectivity index (χ4v) is 1.80. The zero-order chi connectivity index (χ0) is 15.4. The molecule has 1 amide bonds. The zero-order valence-corrected chi connectivity index (χ0v) is 11.6. The monoisotopic (exact) mass is 307 g/mol. The maximum absolute atomic E-state index is 12.2. The molecule has 7 nitrogen and oxygen atoms in total. The summed E-state index contributed by atoms with van der Waals surface area (Å²) in [4.78, 5) is 26.4. The number of hydrogen-bond acceptors (Lipinski definition) is 5. The van der Waals surface area contributed by atoms with Crippen molar-refractivity contribution in [1.29, 1.82) is 0 Å². The molecule has 1 aromatic carbocycles. The predicted octanol–water partition coefficient (Wildman–Crippen LogP) is 2.90. The molecule has 1 heterocycles. The number of carbonyl (C=O) groups excluding carboxylic acids is 1. The van der Waals surface area contributed by atoms with Gasteiger partial charge in [-0.3, -0.25) is 14.9 Å². The van der Waals surface area contributed by atoms with Gasteiger partial charge >= 0.3 is 0 Å². The third-order valence-electron chi connectivity index (χ3n) is 2.61. The molecule has 108 valence electrons. The highest BCUT2D eigenvalue weighted by Crippen LogP contribution is 2.25. The first kappa shape index (κ1) is 14.7. The summed E-state index contributed by atoms with van der Waals surface area (Å²) in [5.41, 5.74) is -0.448. The first-order valence-electron chi connectivity index (χ1n) is 5.76. The van der Waals surface area contributed by atoms with E-state index in [-0.39, 0.29) is 17.1 Å². The number of nitro groups is 1. The van der Waals surface area contributed by atoms with Crippen LogP contribution in [-0.2, 0) is 0 Å². The van der Waals surface area contributed by atoms with Crippen molar-refractivity contribution in [2.75, 3.05) is 12.4 Å². The number of amides is 1. The van der Waals surface area contributed by atoms with E-state index in [4.69, 9.17) is 16.3 Å². The van der Waals surface area contributed by atoms with Crippen molar-refractivity contribution in [1.82, 2.24) is 4.98 Å². The molecule has 0 fully saturated rings. The molecule has 8 heteroatoms. The maximum Gasteiger partial charge on any atom is 0.282 e. The van der Waals surface area contributed by atoms with Crippen LogP contribution >= 0.6 is 11.6 Å². The van der Waals surface area contributed by atoms with Gasteiger partial charge in [0, 0.05) is 17.3 Å². The van der Waals surface area contributed by atoms with Crippen molar-refractivity contribution < 1.29 is 14.5 Å². The minimum atomic E-state index is -0.671. The molecule has 21 heavy (non-hydrogen) atoms. The van der Waals surface area contributed by atoms with E-state index in [2.05, 4.69) is 10.3 Å². The molecule has 2 aromatic rings. The Balaban J connectivity index is 2.35. The number of anilines is 1. The zero-order valence-electron chi connectivity index (χ0n) is 10.9. The average Bonchev–Trinajstić information content (AvgIpc) is 2.46. The summed E-state index contributed by atoms with van der Waals surface area (Å²) in [6.07, 6.45) is 1.41. The van der Waals surface area contributed by atoms with Crippen LogP contribution < -0.4 is 10.1 Å². The van der Waals surface area contributed by atoms with Crippen LogP contribution in [0, 0.1) is 10.1 Å². The van der Waals surface area contributed by atoms with Crippen molar-refractivity contribution in [3.05, 3.63) is 57.2 Å². The van der Waals surface area contributed by atoms with Crippen molar-refractivity contribution in [3.8, 4) is 5.75 Å². The summed E-state index contributed by atoms with van der Waals surface area (Å²) in [7, 11) is 1.40. The fourth-order valence-electron chi connectivity index (χ4n) is 1.64. The molecule has 0 radical (unpaired) electrons. The van der Waals surface area contributed by atoms with Gasteiger partial charge in [0.05, 0.1) is 12.0 Å². The van der Waals surface area contributed by atoms with Gasteiger partial charge in [0.15, 0.2) is 0 Å². The summed E-state index contributed by atoms with van der Waals surface area (Å²) >= 11 is 5.78. The van der Waals surface area contributed by atoms with E-state index in [1.165, 1.54) is 37.6 Å². The number of nitro benzene ring substituents is 1. The molecule has 0 saturated carbocycles. The number of pyridine rings is 1. The number of rotatable bonds is 4. The summed E-state index contributed by atoms with van der Waals surface area (Å²) in [6, 6.07) is 6.89. The normalized spacial score (nSPS) is 10.0. The Hall–Kier alpha value is -2.67. The Morgan fingerprint density at radius 3 is 2.76 bits per heavy atom. The molecular formula is C13H10ClN3O4. The molecule has 0 aliphatic carbocycles. The molecular weight excluding hydrogens is 298 g/mol. The lowest BCUT2D eigenvalue weighted by atomic mass is 10.1. The van der Waals surface area contributed by atoms with E-state index in [0.717, 1.165) is 0 Å². The van der Waals surface area contributed by atoms with Gasteiger partial charge < -0.3 is 10.1 Å². The second-order valence-electron chi connectivity index (χ2n) is 3.95. The van der Waals surface area contributed by atoms with Crippen molar-refractivity contribution in [2.45, 2.75) is 0 Å². The second kappa shape index (κ2) is 6.19. The van der Waals surface area contributed by atoms with Crippen LogP contribution in [0.2, 0.25) is 5.02 Å². The number of ether oxygens (including phenoxy) is 1. The minimum Gasteiger partial charge on any atom is -0.497 e. The van der Waals surface area contributed by atoms with Crippen molar-refractivity contribution in [2.24, 2.45) is 0 Å². The largest absolute Gasteiger partial charge is 0.497 e. The van der Waals surface area contributed by atoms with Gasteiger partial charge in [-0.15, -0.1) is 0 Å². The summed E-state index contributed by atoms with van der Waals surface area (Å²) in [5, 5.41) is 13.8. The van der Waals surface area contributed by atoms with Crippen LogP contribution in [0.3, 0.4) is 0 Å². The van der Waals surface area contributed by atoms with E-state index in [1.54, 1.807) is 6.07 Å². The molecule has 0 atom stereocenters. The average molecular weight is 308 g/mol. The van der Waals surface area contributed by atoms with Crippen LogP contribution in [0.1, 0.15) is 10.4 Å². The van der Waals surface area contributed by atoms with E-state index in [1.807, 2.05) is 0 Å². The number of halogens is 1. The lowest BCUT2D eigenvalue weighted by Crippen LogP contribution is -2.15. The number of carbonyl (C=O) groups is 1. The quantitative estimate of drug-likeness (QED) is 0.692. The number of hydrogen-bond donors (Lipinski definition) is 1. The fraction of sp³-hybridized carbons (Fsp3) is 0.0769. The standard InChI is InChI=1S/C13H10ClN3O4/c1-21-9-2-3-11(17(19)20)10(7-9)13(18)16-12-6-8(14)4-5-15-12/h2-7H,1H3,(H,15,16,18). The third kappa shape index (κ3) is 3.46. The van der Waals surface area contributed by atoms with Crippen LogP contribution in [0.4, 0.5) is 11.5 Å². The van der Waals surface area contributed by atoms with Crippen LogP contribution in [-0.4, -0.2) is 22.9 Å². The molecule has 1 N–H and O–H groups in total. The Kier molecular flexibility index (Phi) is 4.34. The van der Waals surface area contributed by atoms with Gasteiger partial charge in [-0.25, -0.2) is 4.98 Å². The summed E-state index contributed by atoms with van der Waals surface area (Å²) < 4.78 is 4.97. The lowest BCUT2D eigenvalue weighted by Gasteiger charge is -2.07. The Morgan fingerprint density at radius 2 is 2.14 bits per heavy atom. The smallest absolute Gasteiger partial charge is 0.282 e. The number of benzene rings is 1. The van der Waals surface area contributed by atoms with E-state index in [9.17, 15) is 14.9 Å². The highest BCUT2D eigenvalue weighted by molar-refractivity contribution is 6.30. The van der Waals surface area contributed by atoms with Crippen LogP contribution in [0.5, 0.6) is 5.75 Å². The molecule has 0 unspecified atom stereocenters. The van der Waals surface area contributed by atoms with Crippen molar-refractivity contribution in [3.63, 3.8) is 0 Å². The van der Waals surface area contributed by atoms with Gasteiger partial charge in [-0.2, -0.15) is 0 Å². The molecule has 0 saturated heterocycles. The van der Waals surface area contributed by atoms with E-state index in [0.29, 0.717) is 10.8 Å². The summed E-state index contributed by atoms with van der Waals surface area (Å²) in [6.45, 7) is 0. The maximum atomic E-state index is 12.2. The summed E-state index contributed by atoms with van der Waals surface area (Å²) in [5.74, 6) is -0.134. The van der Waals surface area contributed by atoms with Gasteiger partial charge in [-0.05, 0) is 24.3 Å². The molecule has 1 aromatic heterocycles. The topological polar surface area (TPSA) is 94.4 Å². The van der Waals surface area contributed by atoms with Crippen LogP contribution in [0.25, 0.3) is 0 Å². The SMILES string of the molecule is COc1ccc([N+](=O)[O-])c(C(=O)Nc2cc(Cl)ccn2)c1. The third-order valence-corrected chi connectivity index (χ3v) is 2.84. The Bertz CT molecular complexity index is 706. The van der Waals surface area contributed by atoms with Gasteiger partial charge in [0.1, 0.15) is 17.1 Å². The van der Waals surface area contributed by atoms with Crippen molar-refractivity contribution >= 4 is 29.0 Å². The van der Waals surface area contributed by atoms with Gasteiger partial charge in [0.2, 0.25) is 0 Å². The first-order valence-corrected chi connectivity index (χ1v) is 6.14. The molecule has 0 spiro atoms. The molecule has 0 aliphatic heterocycles. The predicted molar refractivity (Wildman–Crippen MR) is 76.8 cm³/mol. The molecule has 0 bridgehead atoms. The number of methoxy groups -OCH3 is 1. The van der Waals surface area contributed by atoms with E-state index >= 15 is 0 Å².